The first-order valence-electron chi connectivity index (χ1n) is 13.3. The van der Waals surface area contributed by atoms with E-state index in [1.54, 1.807) is 37.3 Å². The van der Waals surface area contributed by atoms with Gasteiger partial charge in [-0.05, 0) is 80.6 Å². The monoisotopic (exact) mass is 571 g/mol. The van der Waals surface area contributed by atoms with E-state index < -0.39 is 23.7 Å². The van der Waals surface area contributed by atoms with E-state index in [0.717, 1.165) is 5.57 Å². The Hall–Kier alpha value is -4.30. The van der Waals surface area contributed by atoms with Gasteiger partial charge < -0.3 is 9.84 Å². The number of Topliss-reactive ketones (excluding diaryl/α,β-unsaturated/α-hetero) is 2. The van der Waals surface area contributed by atoms with E-state index in [9.17, 15) is 29.1 Å². The van der Waals surface area contributed by atoms with Crippen LogP contribution < -0.4 is 9.64 Å². The molecular formula is C32H26ClNO7. The van der Waals surface area contributed by atoms with Crippen LogP contribution in [0.5, 0.6) is 11.5 Å². The summed E-state index contributed by atoms with van der Waals surface area (Å²) in [7, 11) is 1.38. The largest absolute Gasteiger partial charge is 0.503 e. The molecule has 0 bridgehead atoms. The summed E-state index contributed by atoms with van der Waals surface area (Å²) in [6, 6.07) is 9.47. The number of carbonyl (C=O) groups excluding carboxylic acids is 5. The Morgan fingerprint density at radius 2 is 1.76 bits per heavy atom. The maximum absolute atomic E-state index is 14.0. The van der Waals surface area contributed by atoms with E-state index in [4.69, 9.17) is 16.3 Å². The Kier molecular flexibility index (Phi) is 6.34. The maximum atomic E-state index is 14.0. The van der Waals surface area contributed by atoms with Crippen LogP contribution in [0.4, 0.5) is 5.69 Å². The fourth-order valence-corrected chi connectivity index (χ4v) is 7.00. The number of methoxy groups -OCH3 is 1. The van der Waals surface area contributed by atoms with Crippen molar-refractivity contribution in [3.8, 4) is 11.5 Å². The Morgan fingerprint density at radius 1 is 1.05 bits per heavy atom. The molecule has 4 aliphatic rings. The molecule has 1 heterocycles. The fraction of sp³-hybridized carbons (Fsp3) is 0.281. The van der Waals surface area contributed by atoms with Crippen molar-refractivity contribution >= 4 is 46.5 Å². The minimum Gasteiger partial charge on any atom is -0.503 e. The molecule has 0 aromatic heterocycles. The van der Waals surface area contributed by atoms with Gasteiger partial charge in [0.05, 0.1) is 29.7 Å². The number of ketones is 3. The van der Waals surface area contributed by atoms with Gasteiger partial charge in [-0.2, -0.15) is 0 Å². The minimum absolute atomic E-state index is 0.0199. The molecule has 0 spiro atoms. The number of imide groups is 1. The predicted molar refractivity (Wildman–Crippen MR) is 150 cm³/mol. The number of allylic oxidation sites excluding steroid dienone is 6. The van der Waals surface area contributed by atoms with Crippen molar-refractivity contribution in [1.82, 2.24) is 0 Å². The molecule has 4 atom stereocenters. The van der Waals surface area contributed by atoms with Crippen LogP contribution in [0.25, 0.3) is 0 Å². The van der Waals surface area contributed by atoms with Crippen molar-refractivity contribution in [1.29, 1.82) is 0 Å². The van der Waals surface area contributed by atoms with Gasteiger partial charge in [0.25, 0.3) is 0 Å². The van der Waals surface area contributed by atoms with E-state index in [1.807, 2.05) is 6.08 Å². The molecular weight excluding hydrogens is 546 g/mol. The Bertz CT molecular complexity index is 1680. The first-order valence-corrected chi connectivity index (χ1v) is 13.7. The van der Waals surface area contributed by atoms with Crippen LogP contribution in [0.3, 0.4) is 0 Å². The lowest BCUT2D eigenvalue weighted by Crippen LogP contribution is -2.39. The molecule has 41 heavy (non-hydrogen) atoms. The van der Waals surface area contributed by atoms with Gasteiger partial charge in [-0.1, -0.05) is 23.3 Å². The lowest BCUT2D eigenvalue weighted by molar-refractivity contribution is -0.123. The van der Waals surface area contributed by atoms with E-state index in [-0.39, 0.29) is 58.5 Å². The molecule has 1 fully saturated rings. The summed E-state index contributed by atoms with van der Waals surface area (Å²) in [5, 5.41) is 10.4. The number of phenols is 1. The molecule has 1 N–H and O–H groups in total. The number of fused-ring (bicyclic) bond motifs is 3. The quantitative estimate of drug-likeness (QED) is 0.240. The molecule has 9 heteroatoms. The molecule has 2 aromatic carbocycles. The lowest BCUT2D eigenvalue weighted by atomic mass is 9.59. The number of amides is 2. The average Bonchev–Trinajstić information content (AvgIpc) is 3.21. The highest BCUT2D eigenvalue weighted by atomic mass is 35.5. The fourth-order valence-electron chi connectivity index (χ4n) is 6.78. The molecule has 1 saturated heterocycles. The average molecular weight is 572 g/mol. The first-order chi connectivity index (χ1) is 19.5. The molecule has 6 rings (SSSR count). The number of carbonyl (C=O) groups is 5. The summed E-state index contributed by atoms with van der Waals surface area (Å²) in [5.74, 6) is -4.15. The zero-order chi connectivity index (χ0) is 29.3. The number of nitrogens with zero attached hydrogens (tertiary/aromatic N) is 1. The van der Waals surface area contributed by atoms with Crippen LogP contribution in [0.1, 0.15) is 48.5 Å². The van der Waals surface area contributed by atoms with E-state index in [1.165, 1.54) is 31.1 Å². The third kappa shape index (κ3) is 4.00. The Labute approximate surface area is 240 Å². The maximum Gasteiger partial charge on any atom is 0.238 e. The van der Waals surface area contributed by atoms with Gasteiger partial charge in [0.1, 0.15) is 0 Å². The van der Waals surface area contributed by atoms with Crippen LogP contribution in [0.15, 0.2) is 70.8 Å². The topological polar surface area (TPSA) is 118 Å². The molecule has 0 radical (unpaired) electrons. The molecule has 0 saturated carbocycles. The third-order valence-corrected chi connectivity index (χ3v) is 8.99. The molecule has 8 nitrogen and oxygen atoms in total. The van der Waals surface area contributed by atoms with Crippen molar-refractivity contribution in [2.45, 2.75) is 32.6 Å². The number of anilines is 1. The second-order valence-corrected chi connectivity index (χ2v) is 11.3. The third-order valence-electron chi connectivity index (χ3n) is 8.70. The summed E-state index contributed by atoms with van der Waals surface area (Å²) in [4.78, 5) is 67.4. The van der Waals surface area contributed by atoms with Crippen molar-refractivity contribution < 1.29 is 33.8 Å². The van der Waals surface area contributed by atoms with Crippen LogP contribution in [0.2, 0.25) is 5.02 Å². The summed E-state index contributed by atoms with van der Waals surface area (Å²) in [6.07, 6.45) is 3.66. The summed E-state index contributed by atoms with van der Waals surface area (Å²) < 4.78 is 5.32. The highest BCUT2D eigenvalue weighted by Crippen LogP contribution is 2.56. The number of ether oxygens (including phenoxy) is 1. The lowest BCUT2D eigenvalue weighted by Gasteiger charge is -2.42. The zero-order valence-corrected chi connectivity index (χ0v) is 23.3. The molecule has 2 aromatic rings. The highest BCUT2D eigenvalue weighted by molar-refractivity contribution is 6.32. The SMILES string of the molecule is COc1cc(C2C3=CCC4C(=O)N(c5ccc(C(C)=O)cc5)C(=O)C4C3CC3=C2C(=O)C=C(C)C3=O)cc(Cl)c1O. The molecule has 208 valence electrons. The summed E-state index contributed by atoms with van der Waals surface area (Å²) >= 11 is 6.35. The van der Waals surface area contributed by atoms with Crippen LogP contribution in [-0.2, 0) is 19.2 Å². The molecule has 2 amide bonds. The smallest absolute Gasteiger partial charge is 0.238 e. The number of aromatic hydroxyl groups is 1. The number of halogens is 1. The summed E-state index contributed by atoms with van der Waals surface area (Å²) in [5.41, 5.74) is 3.11. The van der Waals surface area contributed by atoms with E-state index >= 15 is 0 Å². The predicted octanol–water partition coefficient (Wildman–Crippen LogP) is 4.89. The van der Waals surface area contributed by atoms with Gasteiger partial charge in [0.15, 0.2) is 28.8 Å². The van der Waals surface area contributed by atoms with Crippen LogP contribution in [-0.4, -0.2) is 41.4 Å². The van der Waals surface area contributed by atoms with Crippen LogP contribution in [0, 0.1) is 17.8 Å². The van der Waals surface area contributed by atoms with Gasteiger partial charge >= 0.3 is 0 Å². The van der Waals surface area contributed by atoms with Crippen LogP contribution >= 0.6 is 11.6 Å². The molecule has 3 aliphatic carbocycles. The van der Waals surface area contributed by atoms with Crippen molar-refractivity contribution in [2.24, 2.45) is 17.8 Å². The Morgan fingerprint density at radius 3 is 2.41 bits per heavy atom. The van der Waals surface area contributed by atoms with E-state index in [0.29, 0.717) is 33.5 Å². The summed E-state index contributed by atoms with van der Waals surface area (Å²) in [6.45, 7) is 3.03. The zero-order valence-electron chi connectivity index (χ0n) is 22.6. The van der Waals surface area contributed by atoms with Crippen molar-refractivity contribution in [3.05, 3.63) is 87.0 Å². The first kappa shape index (κ1) is 26.9. The van der Waals surface area contributed by atoms with Crippen molar-refractivity contribution in [3.63, 3.8) is 0 Å². The number of hydrogen-bond donors (Lipinski definition) is 1. The van der Waals surface area contributed by atoms with Gasteiger partial charge in [-0.25, -0.2) is 0 Å². The van der Waals surface area contributed by atoms with Gasteiger partial charge in [-0.15, -0.1) is 0 Å². The second kappa shape index (κ2) is 9.66. The molecule has 4 unspecified atom stereocenters. The molecule has 1 aliphatic heterocycles. The number of hydrogen-bond acceptors (Lipinski definition) is 7. The van der Waals surface area contributed by atoms with Crippen molar-refractivity contribution in [2.75, 3.05) is 12.0 Å². The minimum atomic E-state index is -0.741. The number of rotatable bonds is 4. The standard InChI is InChI=1S/C32H26ClNO7/c1-14-10-24(36)28-22(29(14)37)13-21-19(26(28)17-11-23(33)30(38)25(12-17)41-3)8-9-20-27(21)32(40)34(31(20)39)18-6-4-16(5-7-18)15(2)35/h4-8,10-12,20-21,26-27,38H,9,13H2,1-3H3. The number of benzene rings is 2. The normalized spacial score (nSPS) is 25.4. The Balaban J connectivity index is 1.48. The van der Waals surface area contributed by atoms with E-state index in [2.05, 4.69) is 0 Å². The van der Waals surface area contributed by atoms with Gasteiger partial charge in [0.2, 0.25) is 11.8 Å². The van der Waals surface area contributed by atoms with Gasteiger partial charge in [-0.3, -0.25) is 28.9 Å². The second-order valence-electron chi connectivity index (χ2n) is 10.9. The highest BCUT2D eigenvalue weighted by Gasteiger charge is 2.56. The van der Waals surface area contributed by atoms with Gasteiger partial charge in [0, 0.05) is 28.2 Å². The number of phenolic OH excluding ortho intramolecular Hbond substituents is 1.